The molecule has 7 N–H and O–H groups in total. The Morgan fingerprint density at radius 3 is 2.76 bits per heavy atom. The lowest BCUT2D eigenvalue weighted by Crippen LogP contribution is -1.99. The Bertz CT molecular complexity index is 487. The summed E-state index contributed by atoms with van der Waals surface area (Å²) in [5.74, 6) is 0.443. The van der Waals surface area contributed by atoms with Crippen LogP contribution in [0.2, 0.25) is 0 Å². The van der Waals surface area contributed by atoms with Crippen LogP contribution in [-0.4, -0.2) is 22.4 Å². The second-order valence-electron chi connectivity index (χ2n) is 2.89. The van der Waals surface area contributed by atoms with Gasteiger partial charge >= 0.3 is 0 Å². The Kier molecular flexibility index (Phi) is 4.37. The summed E-state index contributed by atoms with van der Waals surface area (Å²) >= 11 is 0. The van der Waals surface area contributed by atoms with E-state index in [1.807, 2.05) is 0 Å². The fraction of sp³-hybridized carbons (Fsp3) is 0. The molecule has 0 bridgehead atoms. The van der Waals surface area contributed by atoms with Gasteiger partial charge in [-0.15, -0.1) is 0 Å². The number of allylic oxidation sites excluding steroid dienone is 2. The number of aromatic nitrogens is 2. The van der Waals surface area contributed by atoms with E-state index < -0.39 is 0 Å². The highest BCUT2D eigenvalue weighted by Crippen LogP contribution is 2.18. The molecule has 0 spiro atoms. The monoisotopic (exact) mass is 231 g/mol. The predicted molar refractivity (Wildman–Crippen MR) is 68.9 cm³/mol. The first-order chi connectivity index (χ1) is 8.22. The van der Waals surface area contributed by atoms with Crippen molar-refractivity contribution in [2.75, 3.05) is 5.73 Å². The van der Waals surface area contributed by atoms with Crippen molar-refractivity contribution >= 4 is 29.6 Å². The topological polar surface area (TPSA) is 140 Å². The Morgan fingerprint density at radius 1 is 1.41 bits per heavy atom. The lowest BCUT2D eigenvalue weighted by atomic mass is 10.2. The molecule has 1 heterocycles. The van der Waals surface area contributed by atoms with Gasteiger partial charge in [-0.3, -0.25) is 0 Å². The number of nitrogen functional groups attached to an aromatic ring is 1. The van der Waals surface area contributed by atoms with Gasteiger partial charge in [0.25, 0.3) is 0 Å². The van der Waals surface area contributed by atoms with E-state index in [0.717, 1.165) is 6.21 Å². The fourth-order valence-corrected chi connectivity index (χ4v) is 0.994. The maximum atomic E-state index is 7.15. The van der Waals surface area contributed by atoms with Gasteiger partial charge in [-0.25, -0.2) is 15.0 Å². The Hall–Kier alpha value is -2.70. The molecule has 1 rings (SSSR count). The molecule has 88 valence electrons. The third-order valence-corrected chi connectivity index (χ3v) is 1.81. The van der Waals surface area contributed by atoms with Crippen molar-refractivity contribution in [3.63, 3.8) is 0 Å². The van der Waals surface area contributed by atoms with Crippen molar-refractivity contribution in [3.05, 3.63) is 30.4 Å². The van der Waals surface area contributed by atoms with E-state index in [9.17, 15) is 0 Å². The lowest BCUT2D eigenvalue weighted by Gasteiger charge is -2.02. The van der Waals surface area contributed by atoms with Crippen LogP contribution in [0.25, 0.3) is 5.57 Å². The average molecular weight is 231 g/mol. The van der Waals surface area contributed by atoms with E-state index in [0.29, 0.717) is 11.3 Å². The van der Waals surface area contributed by atoms with Crippen LogP contribution >= 0.6 is 0 Å². The van der Waals surface area contributed by atoms with Crippen molar-refractivity contribution in [3.8, 4) is 0 Å². The first kappa shape index (κ1) is 12.4. The highest BCUT2D eigenvalue weighted by Gasteiger charge is 2.05. The molecule has 7 heteroatoms. The summed E-state index contributed by atoms with van der Waals surface area (Å²) in [6.45, 7) is 0. The lowest BCUT2D eigenvalue weighted by molar-refractivity contribution is 1.16. The maximum absolute atomic E-state index is 7.15. The van der Waals surface area contributed by atoms with Gasteiger partial charge in [-0.05, 0) is 12.3 Å². The van der Waals surface area contributed by atoms with Gasteiger partial charge in [0.1, 0.15) is 0 Å². The summed E-state index contributed by atoms with van der Waals surface area (Å²) in [5.41, 5.74) is 17.0. The van der Waals surface area contributed by atoms with Crippen LogP contribution in [0.15, 0.2) is 29.7 Å². The van der Waals surface area contributed by atoms with Crippen LogP contribution < -0.4 is 17.2 Å². The molecule has 0 fully saturated rings. The smallest absolute Gasteiger partial charge is 0.195 e. The molecular formula is C10H13N7. The zero-order chi connectivity index (χ0) is 12.7. The molecule has 0 radical (unpaired) electrons. The fourth-order valence-electron chi connectivity index (χ4n) is 0.994. The van der Waals surface area contributed by atoms with Gasteiger partial charge in [0.15, 0.2) is 11.6 Å². The summed E-state index contributed by atoms with van der Waals surface area (Å²) in [4.78, 5) is 12.0. The minimum atomic E-state index is 0.191. The molecule has 0 unspecified atom stereocenters. The molecule has 0 atom stereocenters. The molecule has 0 saturated carbocycles. The van der Waals surface area contributed by atoms with Crippen molar-refractivity contribution in [2.24, 2.45) is 16.5 Å². The second-order valence-corrected chi connectivity index (χ2v) is 2.89. The van der Waals surface area contributed by atoms with Crippen LogP contribution in [0.5, 0.6) is 0 Å². The SMILES string of the molecule is N=C/C(=C\N)c1cnc(N)c(N=CC=CN)n1. The van der Waals surface area contributed by atoms with E-state index in [-0.39, 0.29) is 11.6 Å². The molecule has 7 nitrogen and oxygen atoms in total. The molecule has 0 aliphatic carbocycles. The zero-order valence-electron chi connectivity index (χ0n) is 9.04. The highest BCUT2D eigenvalue weighted by molar-refractivity contribution is 6.07. The number of anilines is 1. The van der Waals surface area contributed by atoms with E-state index in [1.54, 1.807) is 0 Å². The van der Waals surface area contributed by atoms with Crippen LogP contribution in [-0.2, 0) is 0 Å². The predicted octanol–water partition coefficient (Wildman–Crippen LogP) is 0.183. The molecule has 0 amide bonds. The number of aliphatic imine (C=N–C) groups is 1. The van der Waals surface area contributed by atoms with E-state index >= 15 is 0 Å². The molecule has 1 aromatic heterocycles. The normalized spacial score (nSPS) is 12.4. The molecule has 0 aliphatic heterocycles. The Morgan fingerprint density at radius 2 is 2.18 bits per heavy atom. The van der Waals surface area contributed by atoms with Gasteiger partial charge in [0.05, 0.1) is 11.9 Å². The molecule has 17 heavy (non-hydrogen) atoms. The molecule has 0 aliphatic rings. The van der Waals surface area contributed by atoms with E-state index in [1.165, 1.54) is 30.9 Å². The maximum Gasteiger partial charge on any atom is 0.195 e. The summed E-state index contributed by atoms with van der Waals surface area (Å²) < 4.78 is 0. The van der Waals surface area contributed by atoms with Crippen LogP contribution in [0.1, 0.15) is 5.69 Å². The van der Waals surface area contributed by atoms with Gasteiger partial charge in [-0.2, -0.15) is 0 Å². The number of nitrogens with two attached hydrogens (primary N) is 3. The third kappa shape index (κ3) is 3.13. The minimum Gasteiger partial charge on any atom is -0.405 e. The van der Waals surface area contributed by atoms with Gasteiger partial charge in [0.2, 0.25) is 0 Å². The largest absolute Gasteiger partial charge is 0.405 e. The average Bonchev–Trinajstić information content (AvgIpc) is 2.34. The quantitative estimate of drug-likeness (QED) is 0.547. The number of rotatable bonds is 4. The Labute approximate surface area is 98.3 Å². The second kappa shape index (κ2) is 6.01. The molecule has 0 saturated heterocycles. The van der Waals surface area contributed by atoms with Crippen LogP contribution in [0.3, 0.4) is 0 Å². The van der Waals surface area contributed by atoms with E-state index in [2.05, 4.69) is 15.0 Å². The zero-order valence-corrected chi connectivity index (χ0v) is 9.04. The Balaban J connectivity index is 3.14. The first-order valence-electron chi connectivity index (χ1n) is 4.69. The standard InChI is InChI=1S/C10H13N7/c11-2-1-3-15-10-9(14)16-6-8(17-10)7(4-12)5-13/h1-6,12H,11,13H2,(H2,14,16)/b2-1?,7-5+,12-4?,15-3?. The number of nitrogens with one attached hydrogen (secondary N) is 1. The third-order valence-electron chi connectivity index (χ3n) is 1.81. The van der Waals surface area contributed by atoms with Crippen LogP contribution in [0.4, 0.5) is 11.6 Å². The summed E-state index contributed by atoms with van der Waals surface area (Å²) in [7, 11) is 0. The minimum absolute atomic E-state index is 0.191. The van der Waals surface area contributed by atoms with Crippen molar-refractivity contribution in [2.45, 2.75) is 0 Å². The first-order valence-corrected chi connectivity index (χ1v) is 4.69. The molecular weight excluding hydrogens is 218 g/mol. The van der Waals surface area contributed by atoms with E-state index in [4.69, 9.17) is 22.6 Å². The van der Waals surface area contributed by atoms with Crippen LogP contribution in [0, 0.1) is 5.41 Å². The summed E-state index contributed by atoms with van der Waals surface area (Å²) in [6, 6.07) is 0. The van der Waals surface area contributed by atoms with Crippen molar-refractivity contribution in [1.29, 1.82) is 5.41 Å². The number of hydrogen-bond donors (Lipinski definition) is 4. The van der Waals surface area contributed by atoms with Crippen molar-refractivity contribution < 1.29 is 0 Å². The summed E-state index contributed by atoms with van der Waals surface area (Å²) in [6.07, 6.45) is 8.08. The summed E-state index contributed by atoms with van der Waals surface area (Å²) in [5, 5.41) is 7.15. The van der Waals surface area contributed by atoms with Gasteiger partial charge in [-0.1, -0.05) is 0 Å². The van der Waals surface area contributed by atoms with Gasteiger partial charge in [0, 0.05) is 24.2 Å². The molecule has 1 aromatic rings. The number of hydrogen-bond acceptors (Lipinski definition) is 7. The highest BCUT2D eigenvalue weighted by atomic mass is 15.0. The number of nitrogens with zero attached hydrogens (tertiary/aromatic N) is 3. The van der Waals surface area contributed by atoms with Crippen molar-refractivity contribution in [1.82, 2.24) is 9.97 Å². The molecule has 0 aromatic carbocycles. The van der Waals surface area contributed by atoms with Gasteiger partial charge < -0.3 is 22.6 Å².